The molecule has 0 bridgehead atoms. The maximum absolute atomic E-state index is 13.1. The molecule has 0 aliphatic heterocycles. The van der Waals surface area contributed by atoms with Crippen LogP contribution in [0.4, 0.5) is 0 Å². The van der Waals surface area contributed by atoms with Gasteiger partial charge in [-0.1, -0.05) is 66.7 Å². The zero-order valence-electron chi connectivity index (χ0n) is 20.6. The van der Waals surface area contributed by atoms with Crippen LogP contribution in [0, 0.1) is 0 Å². The molecule has 37 heavy (non-hydrogen) atoms. The van der Waals surface area contributed by atoms with E-state index in [1.807, 2.05) is 91.2 Å². The van der Waals surface area contributed by atoms with Crippen LogP contribution in [0.3, 0.4) is 0 Å². The highest BCUT2D eigenvalue weighted by Crippen LogP contribution is 2.27. The maximum Gasteiger partial charge on any atom is 0.326 e. The summed E-state index contributed by atoms with van der Waals surface area (Å²) in [6, 6.07) is 27.8. The fourth-order valence-electron chi connectivity index (χ4n) is 3.95. The van der Waals surface area contributed by atoms with E-state index < -0.39 is 17.9 Å². The van der Waals surface area contributed by atoms with Crippen molar-refractivity contribution in [2.45, 2.75) is 25.7 Å². The molecule has 6 nitrogen and oxygen atoms in total. The molecule has 0 fully saturated rings. The second-order valence-corrected chi connectivity index (χ2v) is 9.50. The number of thioether (sulfide) groups is 1. The molecule has 1 amide bonds. The summed E-state index contributed by atoms with van der Waals surface area (Å²) in [6.45, 7) is 0.639. The lowest BCUT2D eigenvalue weighted by Gasteiger charge is -2.17. The lowest BCUT2D eigenvalue weighted by molar-refractivity contribution is -0.139. The molecule has 0 unspecified atom stereocenters. The summed E-state index contributed by atoms with van der Waals surface area (Å²) in [4.78, 5) is 24.8. The molecule has 0 saturated carbocycles. The van der Waals surface area contributed by atoms with Gasteiger partial charge in [-0.2, -0.15) is 11.8 Å². The van der Waals surface area contributed by atoms with Crippen LogP contribution < -0.4 is 5.32 Å². The zero-order chi connectivity index (χ0) is 26.0. The lowest BCUT2D eigenvalue weighted by atomic mass is 9.96. The highest BCUT2D eigenvalue weighted by Gasteiger charge is 2.22. The summed E-state index contributed by atoms with van der Waals surface area (Å²) in [7, 11) is 0. The van der Waals surface area contributed by atoms with Gasteiger partial charge in [0.05, 0.1) is 6.61 Å². The summed E-state index contributed by atoms with van der Waals surface area (Å²) in [5.41, 5.74) is 3.90. The highest BCUT2D eigenvalue weighted by atomic mass is 32.2. The number of nitrogens with one attached hydrogen (secondary N) is 1. The van der Waals surface area contributed by atoms with Crippen molar-refractivity contribution in [3.8, 4) is 22.5 Å². The molecule has 2 N–H and O–H groups in total. The first-order chi connectivity index (χ1) is 18.0. The number of aliphatic carboxylic acids is 1. The Morgan fingerprint density at radius 3 is 2.30 bits per heavy atom. The van der Waals surface area contributed by atoms with Crippen LogP contribution in [0.1, 0.15) is 28.1 Å². The molecule has 0 spiro atoms. The van der Waals surface area contributed by atoms with Gasteiger partial charge in [0.15, 0.2) is 0 Å². The van der Waals surface area contributed by atoms with Crippen LogP contribution >= 0.6 is 11.8 Å². The predicted molar refractivity (Wildman–Crippen MR) is 146 cm³/mol. The number of amides is 1. The molecule has 0 radical (unpaired) electrons. The molecule has 4 aromatic rings. The Hall–Kier alpha value is -3.81. The Morgan fingerprint density at radius 1 is 0.919 bits per heavy atom. The number of ether oxygens (including phenoxy) is 1. The number of carbonyl (C=O) groups excluding carboxylic acids is 1. The van der Waals surface area contributed by atoms with Crippen molar-refractivity contribution < 1.29 is 23.8 Å². The van der Waals surface area contributed by atoms with E-state index in [0.29, 0.717) is 31.0 Å². The predicted octanol–water partition coefficient (Wildman–Crippen LogP) is 6.27. The first-order valence-electron chi connectivity index (χ1n) is 12.0. The monoisotopic (exact) mass is 515 g/mol. The molecule has 3 aromatic carbocycles. The first-order valence-corrected chi connectivity index (χ1v) is 13.4. The van der Waals surface area contributed by atoms with Crippen LogP contribution in [-0.2, 0) is 22.7 Å². The third-order valence-corrected chi connectivity index (χ3v) is 6.50. The molecular formula is C30H29NO5S. The fraction of sp³-hybridized carbons (Fsp3) is 0.200. The minimum Gasteiger partial charge on any atom is -0.480 e. The van der Waals surface area contributed by atoms with E-state index in [9.17, 15) is 14.7 Å². The smallest absolute Gasteiger partial charge is 0.326 e. The van der Waals surface area contributed by atoms with Crippen molar-refractivity contribution in [3.63, 3.8) is 0 Å². The van der Waals surface area contributed by atoms with Crippen molar-refractivity contribution in [3.05, 3.63) is 108 Å². The Balaban J connectivity index is 1.48. The lowest BCUT2D eigenvalue weighted by Crippen LogP contribution is -2.41. The minimum atomic E-state index is -1.04. The molecule has 7 heteroatoms. The quantitative estimate of drug-likeness (QED) is 0.231. The van der Waals surface area contributed by atoms with Crippen molar-refractivity contribution in [1.29, 1.82) is 0 Å². The number of rotatable bonds is 12. The molecule has 4 rings (SSSR count). The third kappa shape index (κ3) is 7.12. The molecular weight excluding hydrogens is 486 g/mol. The molecule has 0 aliphatic carbocycles. The van der Waals surface area contributed by atoms with Crippen LogP contribution in [0.2, 0.25) is 0 Å². The van der Waals surface area contributed by atoms with Gasteiger partial charge in [0.1, 0.15) is 24.2 Å². The van der Waals surface area contributed by atoms with Crippen LogP contribution in [0.15, 0.2) is 95.4 Å². The van der Waals surface area contributed by atoms with Crippen LogP contribution in [0.5, 0.6) is 0 Å². The van der Waals surface area contributed by atoms with E-state index in [4.69, 9.17) is 9.15 Å². The molecule has 0 aliphatic rings. The maximum atomic E-state index is 13.1. The summed E-state index contributed by atoms with van der Waals surface area (Å²) >= 11 is 1.54. The molecule has 1 heterocycles. The van der Waals surface area contributed by atoms with Crippen LogP contribution in [0.25, 0.3) is 22.5 Å². The normalized spacial score (nSPS) is 11.7. The van der Waals surface area contributed by atoms with Gasteiger partial charge in [0.25, 0.3) is 5.91 Å². The zero-order valence-corrected chi connectivity index (χ0v) is 21.4. The molecule has 190 valence electrons. The van der Waals surface area contributed by atoms with E-state index in [-0.39, 0.29) is 0 Å². The largest absolute Gasteiger partial charge is 0.480 e. The van der Waals surface area contributed by atoms with Crippen molar-refractivity contribution in [2.24, 2.45) is 0 Å². The number of benzene rings is 3. The summed E-state index contributed by atoms with van der Waals surface area (Å²) in [6.07, 6.45) is 2.26. The van der Waals surface area contributed by atoms with Crippen molar-refractivity contribution in [2.75, 3.05) is 12.0 Å². The Kier molecular flexibility index (Phi) is 9.18. The summed E-state index contributed by atoms with van der Waals surface area (Å²) in [5.74, 6) is 0.703. The highest BCUT2D eigenvalue weighted by molar-refractivity contribution is 7.98. The van der Waals surface area contributed by atoms with Gasteiger partial charge in [-0.3, -0.25) is 4.79 Å². The number of carboxylic acid groups (broad SMARTS) is 1. The van der Waals surface area contributed by atoms with Crippen LogP contribution in [-0.4, -0.2) is 35.0 Å². The average molecular weight is 516 g/mol. The summed E-state index contributed by atoms with van der Waals surface area (Å²) < 4.78 is 11.8. The van der Waals surface area contributed by atoms with E-state index in [2.05, 4.69) is 5.32 Å². The van der Waals surface area contributed by atoms with E-state index in [0.717, 1.165) is 33.8 Å². The topological polar surface area (TPSA) is 88.8 Å². The van der Waals surface area contributed by atoms with E-state index in [1.54, 1.807) is 17.8 Å². The third-order valence-electron chi connectivity index (χ3n) is 5.86. The average Bonchev–Trinajstić information content (AvgIpc) is 3.40. The molecule has 1 atom stereocenters. The van der Waals surface area contributed by atoms with Gasteiger partial charge in [0.2, 0.25) is 0 Å². The number of hydrogen-bond donors (Lipinski definition) is 2. The molecule has 1 aromatic heterocycles. The SMILES string of the molecule is CSCC[C@H](NC(=O)c1ccc(COCc2ccc(-c3ccccc3)o2)cc1-c1ccccc1)C(=O)O. The minimum absolute atomic E-state index is 0.311. The Labute approximate surface area is 220 Å². The fourth-order valence-corrected chi connectivity index (χ4v) is 4.42. The van der Waals surface area contributed by atoms with Gasteiger partial charge in [0, 0.05) is 11.1 Å². The Morgan fingerprint density at radius 2 is 1.62 bits per heavy atom. The number of furan rings is 1. The van der Waals surface area contributed by atoms with Crippen molar-refractivity contribution in [1.82, 2.24) is 5.32 Å². The number of carboxylic acids is 1. The van der Waals surface area contributed by atoms with Gasteiger partial charge >= 0.3 is 5.97 Å². The van der Waals surface area contributed by atoms with E-state index in [1.165, 1.54) is 0 Å². The van der Waals surface area contributed by atoms with Gasteiger partial charge in [-0.05, 0) is 59.4 Å². The van der Waals surface area contributed by atoms with Gasteiger partial charge in [-0.15, -0.1) is 0 Å². The number of hydrogen-bond acceptors (Lipinski definition) is 5. The first kappa shape index (κ1) is 26.3. The second-order valence-electron chi connectivity index (χ2n) is 8.52. The standard InChI is InChI=1S/C30H29NO5S/c1-37-17-16-27(30(33)34)31-29(32)25-14-12-21(18-26(25)22-8-4-2-5-9-22)19-35-20-24-13-15-28(36-24)23-10-6-3-7-11-23/h2-15,18,27H,16-17,19-20H2,1H3,(H,31,32)(H,33,34)/t27-/m0/s1. The van der Waals surface area contributed by atoms with Crippen molar-refractivity contribution >= 4 is 23.6 Å². The molecule has 0 saturated heterocycles. The van der Waals surface area contributed by atoms with E-state index >= 15 is 0 Å². The Bertz CT molecular complexity index is 1320. The summed E-state index contributed by atoms with van der Waals surface area (Å²) in [5, 5.41) is 12.2. The van der Waals surface area contributed by atoms with Gasteiger partial charge in [-0.25, -0.2) is 4.79 Å². The second kappa shape index (κ2) is 12.9. The number of carbonyl (C=O) groups is 2. The van der Waals surface area contributed by atoms with Gasteiger partial charge < -0.3 is 19.6 Å².